The Labute approximate surface area is 119 Å². The molecule has 9 heteroatoms. The number of alkyl halides is 3. The first-order valence-corrected chi connectivity index (χ1v) is 6.66. The molecule has 2 unspecified atom stereocenters. The molecule has 1 aliphatic heterocycles. The van der Waals surface area contributed by atoms with Crippen molar-refractivity contribution in [2.75, 3.05) is 6.61 Å². The molecule has 2 rings (SSSR count). The maximum Gasteiger partial charge on any atom is 0.435 e. The van der Waals surface area contributed by atoms with Gasteiger partial charge in [-0.3, -0.25) is 0 Å². The lowest BCUT2D eigenvalue weighted by Gasteiger charge is -2.14. The fourth-order valence-electron chi connectivity index (χ4n) is 2.27. The summed E-state index contributed by atoms with van der Waals surface area (Å²) in [5.74, 6) is -1.13. The Morgan fingerprint density at radius 1 is 1.48 bits per heavy atom. The van der Waals surface area contributed by atoms with Crippen LogP contribution >= 0.6 is 0 Å². The first-order valence-electron chi connectivity index (χ1n) is 6.66. The van der Waals surface area contributed by atoms with E-state index < -0.39 is 23.5 Å². The van der Waals surface area contributed by atoms with Gasteiger partial charge in [-0.2, -0.15) is 13.2 Å². The van der Waals surface area contributed by atoms with Gasteiger partial charge in [-0.15, -0.1) is 5.10 Å². The minimum atomic E-state index is -4.74. The van der Waals surface area contributed by atoms with Crippen molar-refractivity contribution in [2.45, 2.75) is 51.6 Å². The third kappa shape index (κ3) is 3.52. The summed E-state index contributed by atoms with van der Waals surface area (Å²) in [6.45, 7) is 3.23. The van der Waals surface area contributed by atoms with Gasteiger partial charge in [0.2, 0.25) is 5.69 Å². The third-order valence-electron chi connectivity index (χ3n) is 3.17. The highest BCUT2D eigenvalue weighted by molar-refractivity contribution is 5.88. The van der Waals surface area contributed by atoms with Crippen LogP contribution in [0.25, 0.3) is 0 Å². The molecular weight excluding hydrogens is 291 g/mol. The quantitative estimate of drug-likeness (QED) is 0.796. The van der Waals surface area contributed by atoms with Crippen molar-refractivity contribution < 1.29 is 27.4 Å². The van der Waals surface area contributed by atoms with Gasteiger partial charge in [0.25, 0.3) is 0 Å². The number of nitrogens with zero attached hydrogens (tertiary/aromatic N) is 3. The summed E-state index contributed by atoms with van der Waals surface area (Å²) in [4.78, 5) is 11.5. The van der Waals surface area contributed by atoms with E-state index in [-0.39, 0.29) is 25.4 Å². The molecule has 0 amide bonds. The molecule has 1 aliphatic rings. The molecule has 1 aromatic rings. The normalized spacial score (nSPS) is 22.5. The number of esters is 1. The fraction of sp³-hybridized carbons (Fsp3) is 0.750. The molecule has 0 spiro atoms. The monoisotopic (exact) mass is 307 g/mol. The van der Waals surface area contributed by atoms with Gasteiger partial charge >= 0.3 is 12.1 Å². The van der Waals surface area contributed by atoms with Crippen LogP contribution in [-0.4, -0.2) is 39.8 Å². The van der Waals surface area contributed by atoms with E-state index in [0.29, 0.717) is 11.1 Å². The fourth-order valence-corrected chi connectivity index (χ4v) is 2.27. The SMILES string of the molecule is CCOC(=O)c1nnn(CC2CCC(C)O2)c1C(F)(F)F. The zero-order valence-electron chi connectivity index (χ0n) is 11.7. The second-order valence-electron chi connectivity index (χ2n) is 4.83. The molecule has 1 fully saturated rings. The summed E-state index contributed by atoms with van der Waals surface area (Å²) in [5, 5.41) is 6.77. The largest absolute Gasteiger partial charge is 0.461 e. The Morgan fingerprint density at radius 3 is 2.71 bits per heavy atom. The predicted octanol–water partition coefficient (Wildman–Crippen LogP) is 2.04. The zero-order chi connectivity index (χ0) is 15.6. The maximum atomic E-state index is 13.1. The molecule has 0 radical (unpaired) electrons. The van der Waals surface area contributed by atoms with Gasteiger partial charge in [-0.05, 0) is 26.7 Å². The van der Waals surface area contributed by atoms with Gasteiger partial charge in [-0.1, -0.05) is 5.21 Å². The molecule has 0 aromatic carbocycles. The predicted molar refractivity (Wildman–Crippen MR) is 64.5 cm³/mol. The number of carbonyl (C=O) groups excluding carboxylic acids is 1. The Balaban J connectivity index is 2.27. The summed E-state index contributed by atoms with van der Waals surface area (Å²) in [6, 6.07) is 0. The van der Waals surface area contributed by atoms with E-state index in [1.54, 1.807) is 0 Å². The van der Waals surface area contributed by atoms with Gasteiger partial charge in [-0.25, -0.2) is 9.48 Å². The van der Waals surface area contributed by atoms with Crippen LogP contribution in [0.1, 0.15) is 42.9 Å². The van der Waals surface area contributed by atoms with E-state index in [1.807, 2.05) is 6.92 Å². The average Bonchev–Trinajstić information content (AvgIpc) is 2.96. The molecule has 0 N–H and O–H groups in total. The lowest BCUT2D eigenvalue weighted by molar-refractivity contribution is -0.145. The lowest BCUT2D eigenvalue weighted by atomic mass is 10.2. The van der Waals surface area contributed by atoms with E-state index in [9.17, 15) is 18.0 Å². The van der Waals surface area contributed by atoms with Crippen LogP contribution in [-0.2, 0) is 22.2 Å². The molecule has 2 heterocycles. The summed E-state index contributed by atoms with van der Waals surface area (Å²) in [7, 11) is 0. The van der Waals surface area contributed by atoms with Crippen LogP contribution < -0.4 is 0 Å². The minimum Gasteiger partial charge on any atom is -0.461 e. The number of rotatable bonds is 4. The van der Waals surface area contributed by atoms with Crippen LogP contribution in [0.3, 0.4) is 0 Å². The van der Waals surface area contributed by atoms with Crippen molar-refractivity contribution in [3.8, 4) is 0 Å². The van der Waals surface area contributed by atoms with Crippen molar-refractivity contribution in [3.63, 3.8) is 0 Å². The van der Waals surface area contributed by atoms with E-state index >= 15 is 0 Å². The van der Waals surface area contributed by atoms with Crippen LogP contribution in [0.15, 0.2) is 0 Å². The van der Waals surface area contributed by atoms with Gasteiger partial charge < -0.3 is 9.47 Å². The van der Waals surface area contributed by atoms with Crippen molar-refractivity contribution in [1.29, 1.82) is 0 Å². The summed E-state index contributed by atoms with van der Waals surface area (Å²) in [5.41, 5.74) is -2.00. The Morgan fingerprint density at radius 2 is 2.19 bits per heavy atom. The highest BCUT2D eigenvalue weighted by Gasteiger charge is 2.42. The molecule has 0 saturated carbocycles. The molecule has 118 valence electrons. The smallest absolute Gasteiger partial charge is 0.435 e. The van der Waals surface area contributed by atoms with Crippen LogP contribution in [0.4, 0.5) is 13.2 Å². The molecule has 1 aromatic heterocycles. The van der Waals surface area contributed by atoms with Crippen molar-refractivity contribution in [3.05, 3.63) is 11.4 Å². The molecule has 0 aliphatic carbocycles. The highest BCUT2D eigenvalue weighted by Crippen LogP contribution is 2.32. The number of hydrogen-bond donors (Lipinski definition) is 0. The molecule has 6 nitrogen and oxygen atoms in total. The van der Waals surface area contributed by atoms with Crippen LogP contribution in [0, 0.1) is 0 Å². The van der Waals surface area contributed by atoms with E-state index in [1.165, 1.54) is 6.92 Å². The molecule has 0 bridgehead atoms. The summed E-state index contributed by atoms with van der Waals surface area (Å²) in [6.07, 6.45) is -3.66. The topological polar surface area (TPSA) is 66.2 Å². The number of halogens is 3. The first-order chi connectivity index (χ1) is 9.82. The number of hydrogen-bond acceptors (Lipinski definition) is 5. The van der Waals surface area contributed by atoms with E-state index in [2.05, 4.69) is 15.0 Å². The molecule has 1 saturated heterocycles. The minimum absolute atomic E-state index is 0.0115. The van der Waals surface area contributed by atoms with Crippen LogP contribution in [0.2, 0.25) is 0 Å². The van der Waals surface area contributed by atoms with E-state index in [4.69, 9.17) is 4.74 Å². The maximum absolute atomic E-state index is 13.1. The third-order valence-corrected chi connectivity index (χ3v) is 3.17. The summed E-state index contributed by atoms with van der Waals surface area (Å²) >= 11 is 0. The lowest BCUT2D eigenvalue weighted by Crippen LogP contribution is -2.24. The van der Waals surface area contributed by atoms with Crippen molar-refractivity contribution in [1.82, 2.24) is 15.0 Å². The Kier molecular flexibility index (Phi) is 4.50. The van der Waals surface area contributed by atoms with Crippen LogP contribution in [0.5, 0.6) is 0 Å². The average molecular weight is 307 g/mol. The van der Waals surface area contributed by atoms with Gasteiger partial charge in [0.15, 0.2) is 5.69 Å². The molecule has 21 heavy (non-hydrogen) atoms. The first kappa shape index (κ1) is 15.7. The Bertz CT molecular complexity index is 516. The summed E-state index contributed by atoms with van der Waals surface area (Å²) < 4.78 is 50.2. The molecular formula is C12H16F3N3O3. The van der Waals surface area contributed by atoms with Crippen molar-refractivity contribution >= 4 is 5.97 Å². The van der Waals surface area contributed by atoms with Gasteiger partial charge in [0, 0.05) is 0 Å². The van der Waals surface area contributed by atoms with E-state index in [0.717, 1.165) is 6.42 Å². The number of carbonyl (C=O) groups is 1. The highest BCUT2D eigenvalue weighted by atomic mass is 19.4. The zero-order valence-corrected chi connectivity index (χ0v) is 11.7. The Hall–Kier alpha value is -1.64. The standard InChI is InChI=1S/C12H16F3N3O3/c1-3-20-11(19)9-10(12(13,14)15)18(17-16-9)6-8-5-4-7(2)21-8/h7-8H,3-6H2,1-2H3. The molecule has 2 atom stereocenters. The number of aromatic nitrogens is 3. The van der Waals surface area contributed by atoms with Crippen molar-refractivity contribution in [2.24, 2.45) is 0 Å². The number of ether oxygens (including phenoxy) is 2. The second-order valence-corrected chi connectivity index (χ2v) is 4.83. The van der Waals surface area contributed by atoms with Gasteiger partial charge in [0.05, 0.1) is 25.4 Å². The van der Waals surface area contributed by atoms with Gasteiger partial charge in [0.1, 0.15) is 0 Å². The second kappa shape index (κ2) is 6.00.